The maximum atomic E-state index is 10.8. The van der Waals surface area contributed by atoms with Crippen LogP contribution in [0, 0.1) is 5.41 Å². The van der Waals surface area contributed by atoms with Crippen molar-refractivity contribution in [3.05, 3.63) is 0 Å². The van der Waals surface area contributed by atoms with Crippen molar-refractivity contribution in [3.63, 3.8) is 0 Å². The summed E-state index contributed by atoms with van der Waals surface area (Å²) in [4.78, 5) is 0. The van der Waals surface area contributed by atoms with Crippen molar-refractivity contribution in [2.24, 2.45) is 11.1 Å². The molecule has 1 aliphatic carbocycles. The minimum atomic E-state index is -0.561. The SMILES string of the molecule is NCC1(C2(O)CCCCCC2)CCOC1. The van der Waals surface area contributed by atoms with Gasteiger partial charge in [0.1, 0.15) is 0 Å². The molecule has 1 unspecified atom stereocenters. The minimum Gasteiger partial charge on any atom is -0.389 e. The lowest BCUT2D eigenvalue weighted by molar-refractivity contribution is -0.0933. The molecule has 0 bridgehead atoms. The fourth-order valence-electron chi connectivity index (χ4n) is 3.17. The third-order valence-corrected chi connectivity index (χ3v) is 4.41. The van der Waals surface area contributed by atoms with Gasteiger partial charge in [-0.3, -0.25) is 0 Å². The Labute approximate surface area is 92.0 Å². The van der Waals surface area contributed by atoms with E-state index in [-0.39, 0.29) is 5.41 Å². The van der Waals surface area contributed by atoms with Crippen molar-refractivity contribution < 1.29 is 9.84 Å². The first-order chi connectivity index (χ1) is 7.22. The highest BCUT2D eigenvalue weighted by Crippen LogP contribution is 2.46. The molecule has 15 heavy (non-hydrogen) atoms. The number of aliphatic hydroxyl groups is 1. The van der Waals surface area contributed by atoms with E-state index in [9.17, 15) is 5.11 Å². The van der Waals surface area contributed by atoms with Crippen molar-refractivity contribution in [1.82, 2.24) is 0 Å². The Morgan fingerprint density at radius 2 is 1.73 bits per heavy atom. The van der Waals surface area contributed by atoms with Crippen LogP contribution in [0.1, 0.15) is 44.9 Å². The van der Waals surface area contributed by atoms with Crippen molar-refractivity contribution in [2.45, 2.75) is 50.5 Å². The van der Waals surface area contributed by atoms with Crippen LogP contribution in [-0.4, -0.2) is 30.5 Å². The molecule has 0 radical (unpaired) electrons. The third kappa shape index (κ3) is 1.93. The van der Waals surface area contributed by atoms with E-state index in [4.69, 9.17) is 10.5 Å². The van der Waals surface area contributed by atoms with E-state index < -0.39 is 5.60 Å². The molecule has 1 saturated heterocycles. The predicted molar refractivity (Wildman–Crippen MR) is 59.6 cm³/mol. The number of nitrogens with two attached hydrogens (primary N) is 1. The van der Waals surface area contributed by atoms with Gasteiger partial charge in [-0.2, -0.15) is 0 Å². The van der Waals surface area contributed by atoms with Gasteiger partial charge in [0.05, 0.1) is 12.2 Å². The van der Waals surface area contributed by atoms with Crippen molar-refractivity contribution >= 4 is 0 Å². The lowest BCUT2D eigenvalue weighted by atomic mass is 9.67. The summed E-state index contributed by atoms with van der Waals surface area (Å²) in [7, 11) is 0. The van der Waals surface area contributed by atoms with Gasteiger partial charge in [0.25, 0.3) is 0 Å². The molecule has 1 heterocycles. The molecule has 2 aliphatic rings. The van der Waals surface area contributed by atoms with Crippen LogP contribution in [-0.2, 0) is 4.74 Å². The first-order valence-electron chi connectivity index (χ1n) is 6.23. The average molecular weight is 213 g/mol. The number of rotatable bonds is 2. The molecule has 1 atom stereocenters. The van der Waals surface area contributed by atoms with Crippen LogP contribution in [0.15, 0.2) is 0 Å². The summed E-state index contributed by atoms with van der Waals surface area (Å²) >= 11 is 0. The van der Waals surface area contributed by atoms with E-state index in [1.807, 2.05) is 0 Å². The fraction of sp³-hybridized carbons (Fsp3) is 1.00. The molecule has 2 fully saturated rings. The highest BCUT2D eigenvalue weighted by Gasteiger charge is 2.51. The zero-order valence-corrected chi connectivity index (χ0v) is 9.50. The Morgan fingerprint density at radius 3 is 2.20 bits per heavy atom. The molecule has 1 aliphatic heterocycles. The monoisotopic (exact) mass is 213 g/mol. The average Bonchev–Trinajstić information content (AvgIpc) is 2.64. The summed E-state index contributed by atoms with van der Waals surface area (Å²) in [6, 6.07) is 0. The van der Waals surface area contributed by atoms with Crippen molar-refractivity contribution in [3.8, 4) is 0 Å². The van der Waals surface area contributed by atoms with Crippen molar-refractivity contribution in [2.75, 3.05) is 19.8 Å². The molecule has 0 aromatic heterocycles. The minimum absolute atomic E-state index is 0.155. The zero-order valence-electron chi connectivity index (χ0n) is 9.50. The molecule has 1 saturated carbocycles. The first kappa shape index (κ1) is 11.4. The highest BCUT2D eigenvalue weighted by atomic mass is 16.5. The summed E-state index contributed by atoms with van der Waals surface area (Å²) in [5.74, 6) is 0. The predicted octanol–water partition coefficient (Wildman–Crippen LogP) is 1.44. The molecule has 3 nitrogen and oxygen atoms in total. The fourth-order valence-corrected chi connectivity index (χ4v) is 3.17. The second-order valence-electron chi connectivity index (χ2n) is 5.23. The smallest absolute Gasteiger partial charge is 0.0738 e. The quantitative estimate of drug-likeness (QED) is 0.682. The third-order valence-electron chi connectivity index (χ3n) is 4.41. The molecule has 0 amide bonds. The van der Waals surface area contributed by atoms with Crippen molar-refractivity contribution in [1.29, 1.82) is 0 Å². The summed E-state index contributed by atoms with van der Waals surface area (Å²) in [6.45, 7) is 1.98. The topological polar surface area (TPSA) is 55.5 Å². The zero-order chi connectivity index (χ0) is 10.8. The lowest BCUT2D eigenvalue weighted by Crippen LogP contribution is -2.53. The molecule has 3 heteroatoms. The Morgan fingerprint density at radius 1 is 1.07 bits per heavy atom. The highest BCUT2D eigenvalue weighted by molar-refractivity contribution is 5.02. The second kappa shape index (κ2) is 4.40. The molecule has 0 spiro atoms. The van der Waals surface area contributed by atoms with Gasteiger partial charge < -0.3 is 15.6 Å². The Balaban J connectivity index is 2.16. The van der Waals surface area contributed by atoms with E-state index in [1.165, 1.54) is 12.8 Å². The summed E-state index contributed by atoms with van der Waals surface area (Å²) in [6.07, 6.45) is 7.53. The van der Waals surface area contributed by atoms with Crippen LogP contribution < -0.4 is 5.73 Å². The van der Waals surface area contributed by atoms with Crippen LogP contribution in [0.3, 0.4) is 0 Å². The van der Waals surface area contributed by atoms with Gasteiger partial charge in [0.15, 0.2) is 0 Å². The second-order valence-corrected chi connectivity index (χ2v) is 5.23. The van der Waals surface area contributed by atoms with E-state index in [1.54, 1.807) is 0 Å². The molecular formula is C12H23NO2. The van der Waals surface area contributed by atoms with Crippen LogP contribution in [0.25, 0.3) is 0 Å². The van der Waals surface area contributed by atoms with Gasteiger partial charge >= 0.3 is 0 Å². The Hall–Kier alpha value is -0.120. The van der Waals surface area contributed by atoms with E-state index >= 15 is 0 Å². The molecule has 88 valence electrons. The summed E-state index contributed by atoms with van der Waals surface area (Å²) in [5.41, 5.74) is 5.18. The number of ether oxygens (including phenoxy) is 1. The molecule has 3 N–H and O–H groups in total. The van der Waals surface area contributed by atoms with Gasteiger partial charge in [-0.05, 0) is 19.3 Å². The maximum Gasteiger partial charge on any atom is 0.0738 e. The van der Waals surface area contributed by atoms with Gasteiger partial charge in [-0.25, -0.2) is 0 Å². The van der Waals surface area contributed by atoms with E-state index in [0.29, 0.717) is 13.2 Å². The summed E-state index contributed by atoms with van der Waals surface area (Å²) in [5, 5.41) is 10.8. The largest absolute Gasteiger partial charge is 0.389 e. The summed E-state index contributed by atoms with van der Waals surface area (Å²) < 4.78 is 5.47. The lowest BCUT2D eigenvalue weighted by Gasteiger charge is -2.43. The molecule has 2 rings (SSSR count). The number of hydrogen-bond donors (Lipinski definition) is 2. The normalized spacial score (nSPS) is 36.4. The van der Waals surface area contributed by atoms with Gasteiger partial charge in [-0.15, -0.1) is 0 Å². The van der Waals surface area contributed by atoms with Crippen LogP contribution in [0.5, 0.6) is 0 Å². The maximum absolute atomic E-state index is 10.8. The van der Waals surface area contributed by atoms with E-state index in [2.05, 4.69) is 0 Å². The first-order valence-corrected chi connectivity index (χ1v) is 6.23. The molecule has 0 aromatic carbocycles. The van der Waals surface area contributed by atoms with Crippen LogP contribution >= 0.6 is 0 Å². The Kier molecular flexibility index (Phi) is 3.33. The van der Waals surface area contributed by atoms with Crippen LogP contribution in [0.4, 0.5) is 0 Å². The van der Waals surface area contributed by atoms with Gasteiger partial charge in [0.2, 0.25) is 0 Å². The Bertz CT molecular complexity index is 204. The van der Waals surface area contributed by atoms with E-state index in [0.717, 1.165) is 38.7 Å². The van der Waals surface area contributed by atoms with Gasteiger partial charge in [0, 0.05) is 18.6 Å². The van der Waals surface area contributed by atoms with Crippen LogP contribution in [0.2, 0.25) is 0 Å². The molecule has 0 aromatic rings. The standard InChI is InChI=1S/C12H23NO2/c13-9-11(7-8-15-10-11)12(14)5-3-1-2-4-6-12/h14H,1-10,13H2. The van der Waals surface area contributed by atoms with Gasteiger partial charge in [-0.1, -0.05) is 25.7 Å². The number of hydrogen-bond acceptors (Lipinski definition) is 3. The molecular weight excluding hydrogens is 190 g/mol.